The lowest BCUT2D eigenvalue weighted by Gasteiger charge is -2.15. The molecule has 0 radical (unpaired) electrons. The van der Waals surface area contributed by atoms with Crippen LogP contribution in [0.1, 0.15) is 23.0 Å². The molecule has 0 spiro atoms. The maximum atomic E-state index is 12.5. The zero-order chi connectivity index (χ0) is 21.1. The third-order valence-electron chi connectivity index (χ3n) is 4.90. The number of fused-ring (bicyclic) bond motifs is 1. The highest BCUT2D eigenvalue weighted by atomic mass is 31.1. The van der Waals surface area contributed by atoms with E-state index < -0.39 is 20.6 Å². The third-order valence-corrected chi connectivity index (χ3v) is 5.31. The van der Waals surface area contributed by atoms with Crippen molar-refractivity contribution in [3.8, 4) is 0 Å². The lowest BCUT2D eigenvalue weighted by atomic mass is 10.0. The Kier molecular flexibility index (Phi) is 6.16. The zero-order valence-electron chi connectivity index (χ0n) is 15.7. The quantitative estimate of drug-likeness (QED) is 0.470. The van der Waals surface area contributed by atoms with Gasteiger partial charge in [0.25, 0.3) is 5.91 Å². The Morgan fingerprint density at radius 1 is 1.30 bits per heavy atom. The van der Waals surface area contributed by atoms with Gasteiger partial charge in [0.2, 0.25) is 0 Å². The van der Waals surface area contributed by atoms with E-state index in [2.05, 4.69) is 20.3 Å². The number of carbonyl (C=O) groups is 1. The second kappa shape index (κ2) is 8.99. The van der Waals surface area contributed by atoms with Crippen LogP contribution in [0.4, 0.5) is 5.82 Å². The second-order valence-electron chi connectivity index (χ2n) is 6.75. The number of hydrogen-bond acceptors (Lipinski definition) is 8. The lowest BCUT2D eigenvalue weighted by molar-refractivity contribution is -0.0325. The SMILES string of the molecule is O=C(Nc1ncnc2c1ncn2C1C[C@H](CO[PH](=O)O)[C@@H](CO)O1)c1ccccc1. The van der Waals surface area contributed by atoms with E-state index in [9.17, 15) is 14.5 Å². The van der Waals surface area contributed by atoms with Crippen molar-refractivity contribution in [3.05, 3.63) is 48.5 Å². The van der Waals surface area contributed by atoms with Crippen molar-refractivity contribution in [2.24, 2.45) is 5.92 Å². The Morgan fingerprint density at radius 2 is 2.10 bits per heavy atom. The topological polar surface area (TPSA) is 149 Å². The average Bonchev–Trinajstić information content (AvgIpc) is 3.37. The number of carbonyl (C=O) groups excluding carboxylic acids is 1. The van der Waals surface area contributed by atoms with Gasteiger partial charge in [-0.3, -0.25) is 13.9 Å². The first kappa shape index (κ1) is 20.6. The molecule has 0 bridgehead atoms. The summed E-state index contributed by atoms with van der Waals surface area (Å²) >= 11 is 0. The summed E-state index contributed by atoms with van der Waals surface area (Å²) in [6, 6.07) is 8.73. The predicted molar refractivity (Wildman–Crippen MR) is 106 cm³/mol. The number of aromatic nitrogens is 4. The molecule has 4 rings (SSSR count). The van der Waals surface area contributed by atoms with Gasteiger partial charge in [-0.2, -0.15) is 0 Å². The Labute approximate surface area is 171 Å². The first-order valence-corrected chi connectivity index (χ1v) is 10.5. The molecule has 4 atom stereocenters. The van der Waals surface area contributed by atoms with Crippen LogP contribution in [0.25, 0.3) is 11.2 Å². The van der Waals surface area contributed by atoms with Crippen LogP contribution in [0, 0.1) is 5.92 Å². The minimum absolute atomic E-state index is 0.00395. The Balaban J connectivity index is 1.56. The summed E-state index contributed by atoms with van der Waals surface area (Å²) in [5.74, 6) is -0.320. The summed E-state index contributed by atoms with van der Waals surface area (Å²) in [6.07, 6.45) is 2.22. The molecule has 11 nitrogen and oxygen atoms in total. The molecule has 1 saturated heterocycles. The number of rotatable bonds is 7. The van der Waals surface area contributed by atoms with Gasteiger partial charge in [0, 0.05) is 17.9 Å². The van der Waals surface area contributed by atoms with E-state index in [0.717, 1.165) is 0 Å². The summed E-state index contributed by atoms with van der Waals surface area (Å²) in [7, 11) is -3.06. The molecule has 3 N–H and O–H groups in total. The monoisotopic (exact) mass is 433 g/mol. The van der Waals surface area contributed by atoms with Crippen molar-refractivity contribution in [1.29, 1.82) is 0 Å². The molecule has 3 aromatic rings. The molecule has 158 valence electrons. The molecule has 2 unspecified atom stereocenters. The fourth-order valence-electron chi connectivity index (χ4n) is 3.43. The molecule has 1 aliphatic heterocycles. The molecule has 2 aromatic heterocycles. The van der Waals surface area contributed by atoms with Gasteiger partial charge in [0.05, 0.1) is 25.6 Å². The molecule has 1 aromatic carbocycles. The van der Waals surface area contributed by atoms with Gasteiger partial charge in [-0.05, 0) is 12.1 Å². The maximum Gasteiger partial charge on any atom is 0.316 e. The highest BCUT2D eigenvalue weighted by Gasteiger charge is 2.37. The van der Waals surface area contributed by atoms with Gasteiger partial charge in [-0.25, -0.2) is 15.0 Å². The summed E-state index contributed by atoms with van der Waals surface area (Å²) in [4.78, 5) is 34.1. The fourth-order valence-corrected chi connectivity index (χ4v) is 3.78. The van der Waals surface area contributed by atoms with Crippen LogP contribution in [-0.2, 0) is 13.8 Å². The number of benzene rings is 1. The average molecular weight is 433 g/mol. The van der Waals surface area contributed by atoms with E-state index in [1.165, 1.54) is 12.7 Å². The Bertz CT molecular complexity index is 1060. The number of anilines is 1. The normalized spacial score (nSPS) is 22.3. The van der Waals surface area contributed by atoms with Crippen molar-refractivity contribution < 1.29 is 28.6 Å². The van der Waals surface area contributed by atoms with Crippen molar-refractivity contribution >= 4 is 31.1 Å². The summed E-state index contributed by atoms with van der Waals surface area (Å²) < 4.78 is 23.2. The number of nitrogens with one attached hydrogen (secondary N) is 1. The minimum Gasteiger partial charge on any atom is -0.394 e. The maximum absolute atomic E-state index is 12.5. The largest absolute Gasteiger partial charge is 0.394 e. The lowest BCUT2D eigenvalue weighted by Crippen LogP contribution is -2.23. The number of aliphatic hydroxyl groups is 1. The summed E-state index contributed by atoms with van der Waals surface area (Å²) in [5, 5.41) is 12.3. The molecule has 0 saturated carbocycles. The number of ether oxygens (including phenoxy) is 1. The van der Waals surface area contributed by atoms with Crippen molar-refractivity contribution in [2.75, 3.05) is 18.5 Å². The van der Waals surface area contributed by atoms with Gasteiger partial charge in [0.15, 0.2) is 17.0 Å². The highest BCUT2D eigenvalue weighted by molar-refractivity contribution is 7.32. The smallest absolute Gasteiger partial charge is 0.316 e. The van der Waals surface area contributed by atoms with Crippen LogP contribution in [0.5, 0.6) is 0 Å². The highest BCUT2D eigenvalue weighted by Crippen LogP contribution is 2.36. The van der Waals surface area contributed by atoms with Gasteiger partial charge >= 0.3 is 8.25 Å². The van der Waals surface area contributed by atoms with Crippen molar-refractivity contribution in [2.45, 2.75) is 18.8 Å². The molecule has 1 amide bonds. The van der Waals surface area contributed by atoms with E-state index in [1.807, 2.05) is 6.07 Å². The van der Waals surface area contributed by atoms with Crippen LogP contribution >= 0.6 is 8.25 Å². The van der Waals surface area contributed by atoms with E-state index in [4.69, 9.17) is 14.2 Å². The van der Waals surface area contributed by atoms with Crippen LogP contribution < -0.4 is 5.32 Å². The van der Waals surface area contributed by atoms with Gasteiger partial charge < -0.3 is 24.6 Å². The minimum atomic E-state index is -3.06. The van der Waals surface area contributed by atoms with Crippen LogP contribution in [0.3, 0.4) is 0 Å². The molecule has 30 heavy (non-hydrogen) atoms. The van der Waals surface area contributed by atoms with E-state index >= 15 is 0 Å². The van der Waals surface area contributed by atoms with Gasteiger partial charge in [0.1, 0.15) is 12.6 Å². The number of hydrogen-bond donors (Lipinski definition) is 3. The van der Waals surface area contributed by atoms with Gasteiger partial charge in [-0.15, -0.1) is 0 Å². The Morgan fingerprint density at radius 3 is 2.83 bits per heavy atom. The van der Waals surface area contributed by atoms with E-state index in [-0.39, 0.29) is 30.9 Å². The zero-order valence-corrected chi connectivity index (χ0v) is 16.7. The summed E-state index contributed by atoms with van der Waals surface area (Å²) in [6.45, 7) is -0.257. The molecule has 1 aliphatic rings. The molecule has 12 heteroatoms. The first-order chi connectivity index (χ1) is 14.6. The van der Waals surface area contributed by atoms with E-state index in [1.54, 1.807) is 28.8 Å². The standard InChI is InChI=1S/C18H20N5O6P/c24-7-13-12(8-28-30(26)27)6-14(29-13)23-10-21-15-16(19-9-20-17(15)23)22-18(25)11-4-2-1-3-5-11/h1-5,9-10,12-14,24,30H,6-8H2,(H,26,27)(H,19,20,22,25)/t12-,13-,14?/m1/s1. The second-order valence-corrected chi connectivity index (χ2v) is 7.57. The van der Waals surface area contributed by atoms with Gasteiger partial charge in [-0.1, -0.05) is 18.2 Å². The van der Waals surface area contributed by atoms with Crippen LogP contribution in [0.15, 0.2) is 43.0 Å². The molecule has 3 heterocycles. The summed E-state index contributed by atoms with van der Waals surface area (Å²) in [5.41, 5.74) is 1.33. The van der Waals surface area contributed by atoms with Crippen LogP contribution in [-0.4, -0.2) is 54.7 Å². The fraction of sp³-hybridized carbons (Fsp3) is 0.333. The molecular formula is C18H20N5O6P. The molecule has 0 aliphatic carbocycles. The third kappa shape index (κ3) is 4.25. The molecule has 1 fully saturated rings. The van der Waals surface area contributed by atoms with Crippen LogP contribution in [0.2, 0.25) is 0 Å². The Hall–Kier alpha value is -2.69. The number of aliphatic hydroxyl groups excluding tert-OH is 1. The molecular weight excluding hydrogens is 413 g/mol. The predicted octanol–water partition coefficient (Wildman–Crippen LogP) is 1.37. The number of nitrogens with zero attached hydrogens (tertiary/aromatic N) is 4. The van der Waals surface area contributed by atoms with E-state index in [0.29, 0.717) is 23.1 Å². The number of amides is 1. The first-order valence-electron chi connectivity index (χ1n) is 9.22. The van der Waals surface area contributed by atoms with Crippen molar-refractivity contribution in [3.63, 3.8) is 0 Å². The van der Waals surface area contributed by atoms with Crippen molar-refractivity contribution in [1.82, 2.24) is 19.5 Å². The number of imidazole rings is 1.